The van der Waals surface area contributed by atoms with Crippen molar-refractivity contribution in [2.24, 2.45) is 5.73 Å². The molecule has 0 saturated carbocycles. The van der Waals surface area contributed by atoms with E-state index in [9.17, 15) is 8.42 Å². The molecule has 1 saturated heterocycles. The summed E-state index contributed by atoms with van der Waals surface area (Å²) in [4.78, 5) is 2.10. The van der Waals surface area contributed by atoms with Crippen LogP contribution in [-0.4, -0.2) is 44.5 Å². The number of sulfone groups is 1. The van der Waals surface area contributed by atoms with Gasteiger partial charge in [-0.2, -0.15) is 0 Å². The van der Waals surface area contributed by atoms with E-state index in [4.69, 9.17) is 5.73 Å². The molecule has 0 spiro atoms. The van der Waals surface area contributed by atoms with Crippen LogP contribution in [0.25, 0.3) is 0 Å². The molecule has 1 aromatic carbocycles. The van der Waals surface area contributed by atoms with Crippen molar-refractivity contribution in [3.63, 3.8) is 0 Å². The predicted molar refractivity (Wildman–Crippen MR) is 80.8 cm³/mol. The Morgan fingerprint density at radius 1 is 1.53 bits per heavy atom. The lowest BCUT2D eigenvalue weighted by atomic mass is 10.0. The van der Waals surface area contributed by atoms with Gasteiger partial charge >= 0.3 is 0 Å². The van der Waals surface area contributed by atoms with E-state index in [2.05, 4.69) is 20.8 Å². The summed E-state index contributed by atoms with van der Waals surface area (Å²) in [7, 11) is -0.902. The van der Waals surface area contributed by atoms with Crippen LogP contribution in [0.4, 0.5) is 0 Å². The first-order chi connectivity index (χ1) is 8.93. The van der Waals surface area contributed by atoms with Gasteiger partial charge in [0.1, 0.15) is 0 Å². The van der Waals surface area contributed by atoms with Crippen LogP contribution in [0.2, 0.25) is 0 Å². The van der Waals surface area contributed by atoms with E-state index in [0.717, 1.165) is 10.0 Å². The highest BCUT2D eigenvalue weighted by molar-refractivity contribution is 9.10. The third-order valence-corrected chi connectivity index (χ3v) is 5.98. The fraction of sp³-hybridized carbons (Fsp3) is 0.538. The van der Waals surface area contributed by atoms with Gasteiger partial charge in [0.05, 0.1) is 11.5 Å². The summed E-state index contributed by atoms with van der Waals surface area (Å²) >= 11 is 3.46. The molecule has 0 bridgehead atoms. The summed E-state index contributed by atoms with van der Waals surface area (Å²) in [5.74, 6) is 0.534. The first-order valence-electron chi connectivity index (χ1n) is 6.31. The summed E-state index contributed by atoms with van der Waals surface area (Å²) in [6.07, 6.45) is 0.698. The van der Waals surface area contributed by atoms with Gasteiger partial charge in [0.25, 0.3) is 0 Å². The molecule has 1 aromatic rings. The third-order valence-electron chi connectivity index (χ3n) is 3.73. The maximum Gasteiger partial charge on any atom is 0.151 e. The largest absolute Gasteiger partial charge is 0.329 e. The Hall–Kier alpha value is -0.430. The van der Waals surface area contributed by atoms with Crippen molar-refractivity contribution in [1.29, 1.82) is 0 Å². The normalized spacial score (nSPS) is 23.7. The lowest BCUT2D eigenvalue weighted by molar-refractivity contribution is 0.192. The highest BCUT2D eigenvalue weighted by Crippen LogP contribution is 2.27. The number of likely N-dealkylation sites (N-methyl/N-ethyl adjacent to an activating group) is 1. The predicted octanol–water partition coefficient (Wildman–Crippen LogP) is 1.57. The molecule has 2 atom stereocenters. The summed E-state index contributed by atoms with van der Waals surface area (Å²) in [6.45, 7) is 0.476. The van der Waals surface area contributed by atoms with E-state index in [1.54, 1.807) is 0 Å². The van der Waals surface area contributed by atoms with E-state index >= 15 is 0 Å². The van der Waals surface area contributed by atoms with Crippen LogP contribution in [0.3, 0.4) is 0 Å². The Morgan fingerprint density at radius 3 is 2.79 bits per heavy atom. The zero-order valence-corrected chi connectivity index (χ0v) is 13.3. The second-order valence-corrected chi connectivity index (χ2v) is 8.17. The highest BCUT2D eigenvalue weighted by Gasteiger charge is 2.33. The van der Waals surface area contributed by atoms with E-state index in [1.807, 2.05) is 31.3 Å². The van der Waals surface area contributed by atoms with E-state index in [-0.39, 0.29) is 23.6 Å². The Morgan fingerprint density at radius 2 is 2.26 bits per heavy atom. The van der Waals surface area contributed by atoms with Crippen LogP contribution in [0, 0.1) is 0 Å². The molecule has 1 aliphatic rings. The molecule has 0 radical (unpaired) electrons. The number of halogens is 1. The monoisotopic (exact) mass is 346 g/mol. The maximum atomic E-state index is 11.6. The van der Waals surface area contributed by atoms with Crippen LogP contribution in [0.15, 0.2) is 28.7 Å². The summed E-state index contributed by atoms with van der Waals surface area (Å²) < 4.78 is 24.2. The van der Waals surface area contributed by atoms with Crippen molar-refractivity contribution in [3.05, 3.63) is 34.3 Å². The van der Waals surface area contributed by atoms with Crippen LogP contribution >= 0.6 is 15.9 Å². The van der Waals surface area contributed by atoms with E-state index < -0.39 is 9.84 Å². The number of rotatable bonds is 4. The number of benzene rings is 1. The lowest BCUT2D eigenvalue weighted by Gasteiger charge is -2.32. The van der Waals surface area contributed by atoms with Gasteiger partial charge in [-0.3, -0.25) is 4.90 Å². The van der Waals surface area contributed by atoms with E-state index in [0.29, 0.717) is 13.0 Å². The Kier molecular flexibility index (Phi) is 4.66. The topological polar surface area (TPSA) is 63.4 Å². The molecule has 4 nitrogen and oxygen atoms in total. The average molecular weight is 347 g/mol. The standard InChI is InChI=1S/C13H19BrN2O2S/c1-16(12-5-6-19(17,18)9-12)13(8-15)10-3-2-4-11(14)7-10/h2-4,7,12-13H,5-6,8-9,15H2,1H3. The number of hydrogen-bond donors (Lipinski definition) is 1. The fourth-order valence-corrected chi connectivity index (χ4v) is 4.81. The molecule has 6 heteroatoms. The van der Waals surface area contributed by atoms with Gasteiger partial charge in [0.2, 0.25) is 0 Å². The van der Waals surface area contributed by atoms with Gasteiger partial charge in [-0.1, -0.05) is 28.1 Å². The van der Waals surface area contributed by atoms with Gasteiger partial charge in [-0.05, 0) is 31.2 Å². The number of nitrogens with zero attached hydrogens (tertiary/aromatic N) is 1. The average Bonchev–Trinajstić information content (AvgIpc) is 2.71. The lowest BCUT2D eigenvalue weighted by Crippen LogP contribution is -2.39. The van der Waals surface area contributed by atoms with Crippen molar-refractivity contribution in [3.8, 4) is 0 Å². The van der Waals surface area contributed by atoms with Crippen LogP contribution < -0.4 is 5.73 Å². The molecule has 1 fully saturated rings. The van der Waals surface area contributed by atoms with Crippen LogP contribution in [0.5, 0.6) is 0 Å². The minimum absolute atomic E-state index is 0.0517. The van der Waals surface area contributed by atoms with Crippen molar-refractivity contribution >= 4 is 25.8 Å². The molecule has 2 unspecified atom stereocenters. The first kappa shape index (κ1) is 15.0. The summed E-state index contributed by atoms with van der Waals surface area (Å²) in [5.41, 5.74) is 7.00. The zero-order chi connectivity index (χ0) is 14.0. The second-order valence-electron chi connectivity index (χ2n) is 5.03. The Balaban J connectivity index is 2.18. The first-order valence-corrected chi connectivity index (χ1v) is 8.92. The molecule has 19 heavy (non-hydrogen) atoms. The zero-order valence-electron chi connectivity index (χ0n) is 10.9. The Labute approximate surface area is 123 Å². The molecule has 0 aromatic heterocycles. The van der Waals surface area contributed by atoms with E-state index in [1.165, 1.54) is 0 Å². The van der Waals surface area contributed by atoms with Crippen molar-refractivity contribution in [1.82, 2.24) is 4.90 Å². The Bertz CT molecular complexity index is 547. The molecule has 2 rings (SSSR count). The molecular formula is C13H19BrN2O2S. The van der Waals surface area contributed by atoms with Gasteiger partial charge < -0.3 is 5.73 Å². The SMILES string of the molecule is CN(C1CCS(=O)(=O)C1)C(CN)c1cccc(Br)c1. The second kappa shape index (κ2) is 5.91. The van der Waals surface area contributed by atoms with Gasteiger partial charge in [0.15, 0.2) is 9.84 Å². The molecule has 0 aliphatic carbocycles. The van der Waals surface area contributed by atoms with Crippen LogP contribution in [-0.2, 0) is 9.84 Å². The smallest absolute Gasteiger partial charge is 0.151 e. The maximum absolute atomic E-state index is 11.6. The molecule has 1 aliphatic heterocycles. The molecule has 0 amide bonds. The van der Waals surface area contributed by atoms with Crippen molar-refractivity contribution < 1.29 is 8.42 Å². The number of hydrogen-bond acceptors (Lipinski definition) is 4. The van der Waals surface area contributed by atoms with Gasteiger partial charge in [-0.25, -0.2) is 8.42 Å². The fourth-order valence-electron chi connectivity index (χ4n) is 2.60. The summed E-state index contributed by atoms with van der Waals surface area (Å²) in [6, 6.07) is 8.13. The molecule has 106 valence electrons. The quantitative estimate of drug-likeness (QED) is 0.898. The molecule has 2 N–H and O–H groups in total. The molecular weight excluding hydrogens is 328 g/mol. The molecule has 1 heterocycles. The minimum atomic E-state index is -2.86. The highest BCUT2D eigenvalue weighted by atomic mass is 79.9. The van der Waals surface area contributed by atoms with Crippen molar-refractivity contribution in [2.45, 2.75) is 18.5 Å². The third kappa shape index (κ3) is 3.56. The summed E-state index contributed by atoms with van der Waals surface area (Å²) in [5, 5.41) is 0. The number of nitrogens with two attached hydrogens (primary N) is 1. The van der Waals surface area contributed by atoms with Crippen molar-refractivity contribution in [2.75, 3.05) is 25.1 Å². The van der Waals surface area contributed by atoms with Gasteiger partial charge in [-0.15, -0.1) is 0 Å². The minimum Gasteiger partial charge on any atom is -0.329 e. The van der Waals surface area contributed by atoms with Gasteiger partial charge in [0, 0.05) is 23.1 Å². The van der Waals surface area contributed by atoms with Crippen LogP contribution in [0.1, 0.15) is 18.0 Å².